The Balaban J connectivity index is 1.84. The first-order valence-corrected chi connectivity index (χ1v) is 10.8. The van der Waals surface area contributed by atoms with E-state index in [9.17, 15) is 4.79 Å². The highest BCUT2D eigenvalue weighted by Gasteiger charge is 2.26. The van der Waals surface area contributed by atoms with E-state index in [-0.39, 0.29) is 0 Å². The van der Waals surface area contributed by atoms with Crippen molar-refractivity contribution in [3.8, 4) is 0 Å². The maximum absolute atomic E-state index is 13.0. The Labute approximate surface area is 179 Å². The Morgan fingerprint density at radius 3 is 2.71 bits per heavy atom. The highest BCUT2D eigenvalue weighted by atomic mass is 79.9. The highest BCUT2D eigenvalue weighted by Crippen LogP contribution is 2.26. The van der Waals surface area contributed by atoms with Crippen LogP contribution in [-0.2, 0) is 4.74 Å². The number of anilines is 1. The number of hydrogen-bond acceptors (Lipinski definition) is 5. The van der Waals surface area contributed by atoms with Crippen LogP contribution in [0.25, 0.3) is 5.65 Å². The number of hydrogen-bond donors (Lipinski definition) is 0. The third-order valence-electron chi connectivity index (χ3n) is 4.57. The second-order valence-corrected chi connectivity index (χ2v) is 9.29. The van der Waals surface area contributed by atoms with E-state index in [0.29, 0.717) is 27.6 Å². The maximum atomic E-state index is 13.0. The zero-order chi connectivity index (χ0) is 20.3. The predicted octanol–water partition coefficient (Wildman–Crippen LogP) is 4.76. The van der Waals surface area contributed by atoms with Gasteiger partial charge in [-0.1, -0.05) is 18.0 Å². The summed E-state index contributed by atoms with van der Waals surface area (Å²) < 4.78 is 7.98. The van der Waals surface area contributed by atoms with Gasteiger partial charge in [-0.25, -0.2) is 9.78 Å². The first-order valence-electron chi connectivity index (χ1n) is 9.67. The minimum absolute atomic E-state index is 0.299. The van der Waals surface area contributed by atoms with Gasteiger partial charge in [0.05, 0.1) is 10.7 Å². The molecular formula is C19H27BrClN5O2. The number of carbonyl (C=O) groups is 1. The lowest BCUT2D eigenvalue weighted by molar-refractivity contribution is 0.0576. The molecule has 0 unspecified atom stereocenters. The Bertz CT molecular complexity index is 830. The fourth-order valence-corrected chi connectivity index (χ4v) is 3.86. The molecule has 1 aliphatic rings. The van der Waals surface area contributed by atoms with Gasteiger partial charge < -0.3 is 9.64 Å². The Morgan fingerprint density at radius 1 is 1.32 bits per heavy atom. The van der Waals surface area contributed by atoms with Gasteiger partial charge >= 0.3 is 6.09 Å². The molecule has 3 heterocycles. The molecule has 7 nitrogen and oxygen atoms in total. The van der Waals surface area contributed by atoms with Gasteiger partial charge in [0.25, 0.3) is 0 Å². The fraction of sp³-hybridized carbons (Fsp3) is 0.632. The van der Waals surface area contributed by atoms with Gasteiger partial charge in [0.15, 0.2) is 5.65 Å². The SMILES string of the molecule is CC(C)(C)OC(=O)N(CCCN1CCCCC1)c1cc(Cl)nc2c(Br)cnn12. The van der Waals surface area contributed by atoms with Crippen molar-refractivity contribution in [2.75, 3.05) is 31.1 Å². The van der Waals surface area contributed by atoms with E-state index in [4.69, 9.17) is 16.3 Å². The van der Waals surface area contributed by atoms with Gasteiger partial charge in [-0.15, -0.1) is 0 Å². The molecule has 2 aromatic rings. The molecule has 1 saturated heterocycles. The molecule has 1 aliphatic heterocycles. The summed E-state index contributed by atoms with van der Waals surface area (Å²) in [4.78, 5) is 21.3. The normalized spacial score (nSPS) is 15.8. The number of nitrogens with zero attached hydrogens (tertiary/aromatic N) is 5. The van der Waals surface area contributed by atoms with Crippen molar-refractivity contribution in [3.63, 3.8) is 0 Å². The molecule has 1 fully saturated rings. The summed E-state index contributed by atoms with van der Waals surface area (Å²) in [7, 11) is 0. The molecule has 2 aromatic heterocycles. The van der Waals surface area contributed by atoms with Crippen LogP contribution < -0.4 is 4.90 Å². The number of carbonyl (C=O) groups excluding carboxylic acids is 1. The number of halogens is 2. The van der Waals surface area contributed by atoms with Gasteiger partial charge in [-0.3, -0.25) is 4.90 Å². The van der Waals surface area contributed by atoms with Crippen LogP contribution in [0.2, 0.25) is 5.15 Å². The molecule has 0 aliphatic carbocycles. The lowest BCUT2D eigenvalue weighted by Crippen LogP contribution is -2.40. The van der Waals surface area contributed by atoms with Crippen molar-refractivity contribution in [2.45, 2.75) is 52.1 Å². The summed E-state index contributed by atoms with van der Waals surface area (Å²) in [5.74, 6) is 0.550. The second kappa shape index (κ2) is 8.97. The molecule has 0 atom stereocenters. The first kappa shape index (κ1) is 21.3. The molecule has 0 saturated carbocycles. The molecule has 154 valence electrons. The first-order chi connectivity index (χ1) is 13.2. The second-order valence-electron chi connectivity index (χ2n) is 8.05. The molecule has 9 heteroatoms. The number of piperidine rings is 1. The number of likely N-dealkylation sites (tertiary alicyclic amines) is 1. The van der Waals surface area contributed by atoms with Gasteiger partial charge in [-0.05, 0) is 75.6 Å². The van der Waals surface area contributed by atoms with Crippen molar-refractivity contribution in [1.82, 2.24) is 19.5 Å². The van der Waals surface area contributed by atoms with E-state index in [1.807, 2.05) is 20.8 Å². The monoisotopic (exact) mass is 471 g/mol. The van der Waals surface area contributed by atoms with Crippen LogP contribution in [0.5, 0.6) is 0 Å². The maximum Gasteiger partial charge on any atom is 0.416 e. The molecule has 0 N–H and O–H groups in total. The summed E-state index contributed by atoms with van der Waals surface area (Å²) in [6.45, 7) is 9.29. The van der Waals surface area contributed by atoms with Gasteiger partial charge in [0, 0.05) is 12.6 Å². The number of rotatable bonds is 5. The van der Waals surface area contributed by atoms with Crippen LogP contribution in [0.3, 0.4) is 0 Å². The van der Waals surface area contributed by atoms with E-state index in [1.165, 1.54) is 19.3 Å². The topological polar surface area (TPSA) is 63.0 Å². The average molecular weight is 473 g/mol. The minimum atomic E-state index is -0.594. The molecule has 0 bridgehead atoms. The average Bonchev–Trinajstić information content (AvgIpc) is 2.98. The minimum Gasteiger partial charge on any atom is -0.443 e. The molecule has 1 amide bonds. The van der Waals surface area contributed by atoms with Gasteiger partial charge in [0.2, 0.25) is 0 Å². The molecule has 28 heavy (non-hydrogen) atoms. The number of fused-ring (bicyclic) bond motifs is 1. The molecular weight excluding hydrogens is 446 g/mol. The summed E-state index contributed by atoms with van der Waals surface area (Å²) >= 11 is 9.66. The largest absolute Gasteiger partial charge is 0.443 e. The Hall–Kier alpha value is -1.38. The third kappa shape index (κ3) is 5.36. The van der Waals surface area contributed by atoms with E-state index < -0.39 is 11.7 Å². The van der Waals surface area contributed by atoms with Crippen LogP contribution in [-0.4, -0.2) is 57.4 Å². The quantitative estimate of drug-likeness (QED) is 0.587. The predicted molar refractivity (Wildman–Crippen MR) is 114 cm³/mol. The van der Waals surface area contributed by atoms with Crippen LogP contribution >= 0.6 is 27.5 Å². The molecule has 0 spiro atoms. The number of aromatic nitrogens is 3. The van der Waals surface area contributed by atoms with E-state index in [0.717, 1.165) is 26.1 Å². The Kier molecular flexibility index (Phi) is 6.83. The van der Waals surface area contributed by atoms with E-state index in [2.05, 4.69) is 30.9 Å². The lowest BCUT2D eigenvalue weighted by Gasteiger charge is -2.30. The molecule has 0 radical (unpaired) electrons. The zero-order valence-electron chi connectivity index (χ0n) is 16.6. The van der Waals surface area contributed by atoms with Crippen molar-refractivity contribution >= 4 is 45.1 Å². The zero-order valence-corrected chi connectivity index (χ0v) is 19.0. The molecule has 0 aromatic carbocycles. The summed E-state index contributed by atoms with van der Waals surface area (Å²) in [5.41, 5.74) is -0.0323. The summed E-state index contributed by atoms with van der Waals surface area (Å²) in [5, 5.41) is 4.65. The van der Waals surface area contributed by atoms with Crippen molar-refractivity contribution in [1.29, 1.82) is 0 Å². The standard InChI is InChI=1S/C19H27BrClN5O2/c1-19(2,3)28-18(27)25(11-7-10-24-8-5-4-6-9-24)16-12-15(21)23-17-14(20)13-22-26(16)17/h12-13H,4-11H2,1-3H3. The fourth-order valence-electron chi connectivity index (χ4n) is 3.34. The summed E-state index contributed by atoms with van der Waals surface area (Å²) in [6.07, 6.45) is 5.87. The van der Waals surface area contributed by atoms with Gasteiger partial charge in [0.1, 0.15) is 16.6 Å². The van der Waals surface area contributed by atoms with Crippen molar-refractivity contribution < 1.29 is 9.53 Å². The summed E-state index contributed by atoms with van der Waals surface area (Å²) in [6, 6.07) is 1.65. The van der Waals surface area contributed by atoms with E-state index in [1.54, 1.807) is 21.7 Å². The van der Waals surface area contributed by atoms with Crippen LogP contribution in [0, 0.1) is 0 Å². The lowest BCUT2D eigenvalue weighted by atomic mass is 10.1. The smallest absolute Gasteiger partial charge is 0.416 e. The van der Waals surface area contributed by atoms with Gasteiger partial charge in [-0.2, -0.15) is 9.61 Å². The van der Waals surface area contributed by atoms with Crippen LogP contribution in [0.4, 0.5) is 10.6 Å². The molecule has 3 rings (SSSR count). The van der Waals surface area contributed by atoms with Crippen LogP contribution in [0.15, 0.2) is 16.7 Å². The Morgan fingerprint density at radius 2 is 2.04 bits per heavy atom. The van der Waals surface area contributed by atoms with Crippen LogP contribution in [0.1, 0.15) is 46.5 Å². The number of ether oxygens (including phenoxy) is 1. The van der Waals surface area contributed by atoms with E-state index >= 15 is 0 Å². The highest BCUT2D eigenvalue weighted by molar-refractivity contribution is 9.10. The van der Waals surface area contributed by atoms with Crippen molar-refractivity contribution in [2.24, 2.45) is 0 Å². The van der Waals surface area contributed by atoms with Crippen molar-refractivity contribution in [3.05, 3.63) is 21.9 Å². The number of amides is 1. The third-order valence-corrected chi connectivity index (χ3v) is 5.33.